The molecule has 1 aliphatic heterocycles. The van der Waals surface area contributed by atoms with Gasteiger partial charge in [-0.2, -0.15) is 0 Å². The zero-order valence-electron chi connectivity index (χ0n) is 6.24. The molecule has 5 heteroatoms. The second-order valence-corrected chi connectivity index (χ2v) is 4.28. The molecule has 0 bridgehead atoms. The average Bonchev–Trinajstić information content (AvgIpc) is 1.85. The highest BCUT2D eigenvalue weighted by Crippen LogP contribution is 2.02. The van der Waals surface area contributed by atoms with Crippen molar-refractivity contribution >= 4 is 16.8 Å². The van der Waals surface area contributed by atoms with Crippen LogP contribution >= 0.6 is 0 Å². The minimum Gasteiger partial charge on any atom is -0.480 e. The topological polar surface area (TPSA) is 66.4 Å². The SMILES string of the molecule is C[C@H]1C[S@](=O)C[C@H](C(=O)O)N1. The zero-order chi connectivity index (χ0) is 8.43. The van der Waals surface area contributed by atoms with Crippen molar-refractivity contribution in [1.82, 2.24) is 5.32 Å². The molecule has 1 fully saturated rings. The van der Waals surface area contributed by atoms with Gasteiger partial charge in [-0.3, -0.25) is 9.00 Å². The van der Waals surface area contributed by atoms with Gasteiger partial charge in [-0.1, -0.05) is 0 Å². The molecule has 0 saturated carbocycles. The van der Waals surface area contributed by atoms with E-state index in [1.165, 1.54) is 0 Å². The Balaban J connectivity index is 2.56. The van der Waals surface area contributed by atoms with E-state index >= 15 is 0 Å². The molecule has 2 N–H and O–H groups in total. The molecule has 0 unspecified atom stereocenters. The highest BCUT2D eigenvalue weighted by molar-refractivity contribution is 7.85. The van der Waals surface area contributed by atoms with E-state index in [1.807, 2.05) is 6.92 Å². The summed E-state index contributed by atoms with van der Waals surface area (Å²) in [7, 11) is -0.964. The summed E-state index contributed by atoms with van der Waals surface area (Å²) < 4.78 is 11.0. The fourth-order valence-corrected chi connectivity index (χ4v) is 2.52. The molecule has 0 spiro atoms. The van der Waals surface area contributed by atoms with Crippen molar-refractivity contribution in [2.75, 3.05) is 11.5 Å². The highest BCUT2D eigenvalue weighted by Gasteiger charge is 2.27. The van der Waals surface area contributed by atoms with Gasteiger partial charge in [0.15, 0.2) is 0 Å². The monoisotopic (exact) mass is 177 g/mol. The molecule has 0 radical (unpaired) electrons. The fraction of sp³-hybridized carbons (Fsp3) is 0.833. The molecular weight excluding hydrogens is 166 g/mol. The van der Waals surface area contributed by atoms with Crippen molar-refractivity contribution < 1.29 is 14.1 Å². The lowest BCUT2D eigenvalue weighted by atomic mass is 10.3. The molecule has 0 aromatic rings. The molecule has 1 heterocycles. The molecule has 1 rings (SSSR count). The number of aliphatic carboxylic acids is 1. The molecule has 1 saturated heterocycles. The number of nitrogens with one attached hydrogen (secondary N) is 1. The Morgan fingerprint density at radius 2 is 2.27 bits per heavy atom. The Morgan fingerprint density at radius 1 is 1.64 bits per heavy atom. The van der Waals surface area contributed by atoms with Crippen LogP contribution in [-0.2, 0) is 15.6 Å². The van der Waals surface area contributed by atoms with E-state index < -0.39 is 22.8 Å². The van der Waals surface area contributed by atoms with E-state index in [0.717, 1.165) is 0 Å². The molecule has 4 nitrogen and oxygen atoms in total. The molecule has 11 heavy (non-hydrogen) atoms. The van der Waals surface area contributed by atoms with Crippen molar-refractivity contribution in [1.29, 1.82) is 0 Å². The quantitative estimate of drug-likeness (QED) is 0.549. The first-order chi connectivity index (χ1) is 5.09. The van der Waals surface area contributed by atoms with Crippen LogP contribution in [0.2, 0.25) is 0 Å². The molecule has 0 aromatic carbocycles. The lowest BCUT2D eigenvalue weighted by Gasteiger charge is -2.24. The summed E-state index contributed by atoms with van der Waals surface area (Å²) in [5.41, 5.74) is 0. The number of rotatable bonds is 1. The largest absolute Gasteiger partial charge is 0.480 e. The van der Waals surface area contributed by atoms with Gasteiger partial charge in [0.1, 0.15) is 6.04 Å². The minimum absolute atomic E-state index is 0.0469. The average molecular weight is 177 g/mol. The summed E-state index contributed by atoms with van der Waals surface area (Å²) in [6.07, 6.45) is 0. The molecular formula is C6H11NO3S. The minimum atomic E-state index is -0.964. The van der Waals surface area contributed by atoms with Crippen LogP contribution in [-0.4, -0.2) is 38.9 Å². The second-order valence-electron chi connectivity index (χ2n) is 2.73. The first-order valence-corrected chi connectivity index (χ1v) is 4.92. The Bertz CT molecular complexity index is 194. The lowest BCUT2D eigenvalue weighted by molar-refractivity contribution is -0.139. The summed E-state index contributed by atoms with van der Waals surface area (Å²) in [6.45, 7) is 1.84. The van der Waals surface area contributed by atoms with Crippen LogP contribution in [0.15, 0.2) is 0 Å². The van der Waals surface area contributed by atoms with Crippen molar-refractivity contribution in [3.8, 4) is 0 Å². The Morgan fingerprint density at radius 3 is 2.73 bits per heavy atom. The van der Waals surface area contributed by atoms with Crippen molar-refractivity contribution in [3.05, 3.63) is 0 Å². The maximum absolute atomic E-state index is 11.0. The third-order valence-corrected chi connectivity index (χ3v) is 3.15. The number of carbonyl (C=O) groups is 1. The first-order valence-electron chi connectivity index (χ1n) is 3.43. The van der Waals surface area contributed by atoms with Crippen LogP contribution in [0.4, 0.5) is 0 Å². The predicted molar refractivity (Wildman–Crippen MR) is 41.9 cm³/mol. The maximum atomic E-state index is 11.0. The summed E-state index contributed by atoms with van der Waals surface area (Å²) in [6, 6.07) is -0.578. The maximum Gasteiger partial charge on any atom is 0.321 e. The van der Waals surface area contributed by atoms with Crippen LogP contribution in [0.3, 0.4) is 0 Å². The third-order valence-electron chi connectivity index (χ3n) is 1.57. The smallest absolute Gasteiger partial charge is 0.321 e. The van der Waals surface area contributed by atoms with Crippen LogP contribution in [0.25, 0.3) is 0 Å². The molecule has 1 aliphatic rings. The highest BCUT2D eigenvalue weighted by atomic mass is 32.2. The van der Waals surface area contributed by atoms with Gasteiger partial charge in [0, 0.05) is 28.3 Å². The van der Waals surface area contributed by atoms with Crippen LogP contribution in [0.1, 0.15) is 6.92 Å². The molecule has 0 aliphatic carbocycles. The van der Waals surface area contributed by atoms with E-state index in [2.05, 4.69) is 5.32 Å². The van der Waals surface area contributed by atoms with Gasteiger partial charge < -0.3 is 10.4 Å². The van der Waals surface area contributed by atoms with Gasteiger partial charge in [0.05, 0.1) is 0 Å². The molecule has 64 valence electrons. The number of carboxylic acid groups (broad SMARTS) is 1. The summed E-state index contributed by atoms with van der Waals surface area (Å²) >= 11 is 0. The molecule has 3 atom stereocenters. The number of carboxylic acids is 1. The van der Waals surface area contributed by atoms with E-state index in [9.17, 15) is 9.00 Å². The first kappa shape index (κ1) is 8.67. The van der Waals surface area contributed by atoms with Crippen molar-refractivity contribution in [2.24, 2.45) is 0 Å². The Hall–Kier alpha value is -0.420. The zero-order valence-corrected chi connectivity index (χ0v) is 7.06. The van der Waals surface area contributed by atoms with Gasteiger partial charge in [-0.05, 0) is 6.92 Å². The van der Waals surface area contributed by atoms with E-state index in [4.69, 9.17) is 5.11 Å². The van der Waals surface area contributed by atoms with Crippen molar-refractivity contribution in [2.45, 2.75) is 19.0 Å². The number of hydrogen-bond acceptors (Lipinski definition) is 3. The molecule has 0 aromatic heterocycles. The van der Waals surface area contributed by atoms with Crippen LogP contribution in [0.5, 0.6) is 0 Å². The third kappa shape index (κ3) is 2.27. The van der Waals surface area contributed by atoms with Gasteiger partial charge in [0.2, 0.25) is 0 Å². The van der Waals surface area contributed by atoms with Crippen molar-refractivity contribution in [3.63, 3.8) is 0 Å². The Labute approximate surface area is 67.4 Å². The normalized spacial score (nSPS) is 38.5. The van der Waals surface area contributed by atoms with Crippen LogP contribution < -0.4 is 5.32 Å². The van der Waals surface area contributed by atoms with Gasteiger partial charge in [-0.15, -0.1) is 0 Å². The van der Waals surface area contributed by atoms with E-state index in [1.54, 1.807) is 0 Å². The summed E-state index contributed by atoms with van der Waals surface area (Å²) in [4.78, 5) is 10.4. The number of hydrogen-bond donors (Lipinski definition) is 2. The van der Waals surface area contributed by atoms with Gasteiger partial charge in [0.25, 0.3) is 0 Å². The van der Waals surface area contributed by atoms with E-state index in [-0.39, 0.29) is 11.8 Å². The predicted octanol–water partition coefficient (Wildman–Crippen LogP) is -0.820. The summed E-state index contributed by atoms with van der Waals surface area (Å²) in [5.74, 6) is -0.117. The standard InChI is InChI=1S/C6H11NO3S/c1-4-2-11(10)3-5(7-4)6(8)9/h4-5,7H,2-3H2,1H3,(H,8,9)/t4-,5+,11-/m0/s1. The fourth-order valence-electron chi connectivity index (χ4n) is 1.12. The van der Waals surface area contributed by atoms with Gasteiger partial charge >= 0.3 is 5.97 Å². The lowest BCUT2D eigenvalue weighted by Crippen LogP contribution is -2.52. The van der Waals surface area contributed by atoms with E-state index in [0.29, 0.717) is 5.75 Å². The second kappa shape index (κ2) is 3.32. The molecule has 0 amide bonds. The summed E-state index contributed by atoms with van der Waals surface area (Å²) in [5, 5.41) is 11.4. The van der Waals surface area contributed by atoms with Crippen LogP contribution in [0, 0.1) is 0 Å². The van der Waals surface area contributed by atoms with Gasteiger partial charge in [-0.25, -0.2) is 0 Å². The Kier molecular flexibility index (Phi) is 2.62.